The summed E-state index contributed by atoms with van der Waals surface area (Å²) < 4.78 is 2.30. The topological polar surface area (TPSA) is 30.2 Å². The van der Waals surface area contributed by atoms with Crippen LogP contribution < -0.4 is 0 Å². The SMILES string of the molecule is c1ccc(-c2cc(-c3ccccc3)nc(-c3ccc(-c4ccc5c(c4)c4c(-c6ccccc6)nc6cccc5n64)cc3)c2)cc1. The van der Waals surface area contributed by atoms with Crippen LogP contribution in [0.4, 0.5) is 0 Å². The molecule has 0 amide bonds. The molecule has 0 saturated heterocycles. The van der Waals surface area contributed by atoms with E-state index in [0.29, 0.717) is 0 Å². The van der Waals surface area contributed by atoms with Gasteiger partial charge in [-0.2, -0.15) is 0 Å². The fourth-order valence-corrected chi connectivity index (χ4v) is 6.56. The predicted octanol–water partition coefficient (Wildman–Crippen LogP) is 10.8. The first kappa shape index (κ1) is 25.4. The molecule has 0 saturated carbocycles. The zero-order chi connectivity index (χ0) is 29.7. The third kappa shape index (κ3) is 4.29. The Labute approximate surface area is 261 Å². The average Bonchev–Trinajstić information content (AvgIpc) is 3.68. The third-order valence-corrected chi connectivity index (χ3v) is 8.76. The number of fused-ring (bicyclic) bond motifs is 3. The van der Waals surface area contributed by atoms with Crippen LogP contribution >= 0.6 is 0 Å². The highest BCUT2D eigenvalue weighted by atomic mass is 15.0. The summed E-state index contributed by atoms with van der Waals surface area (Å²) in [6.45, 7) is 0. The van der Waals surface area contributed by atoms with Gasteiger partial charge in [-0.05, 0) is 52.6 Å². The van der Waals surface area contributed by atoms with Gasteiger partial charge in [0.2, 0.25) is 0 Å². The van der Waals surface area contributed by atoms with E-state index >= 15 is 0 Å². The number of rotatable bonds is 5. The molecule has 0 radical (unpaired) electrons. The first-order valence-corrected chi connectivity index (χ1v) is 15.3. The lowest BCUT2D eigenvalue weighted by Crippen LogP contribution is -1.91. The van der Waals surface area contributed by atoms with Crippen LogP contribution in [0.2, 0.25) is 0 Å². The lowest BCUT2D eigenvalue weighted by molar-refractivity contribution is 1.31. The minimum absolute atomic E-state index is 0.959. The van der Waals surface area contributed by atoms with Gasteiger partial charge in [-0.25, -0.2) is 9.97 Å². The Morgan fingerprint density at radius 2 is 0.911 bits per heavy atom. The number of benzene rings is 5. The van der Waals surface area contributed by atoms with Gasteiger partial charge < -0.3 is 0 Å². The second-order valence-electron chi connectivity index (χ2n) is 11.5. The van der Waals surface area contributed by atoms with Crippen LogP contribution in [-0.4, -0.2) is 14.4 Å². The maximum atomic E-state index is 5.12. The normalized spacial score (nSPS) is 11.6. The zero-order valence-electron chi connectivity index (χ0n) is 24.4. The first-order chi connectivity index (χ1) is 22.3. The first-order valence-electron chi connectivity index (χ1n) is 15.3. The molecule has 0 unspecified atom stereocenters. The highest BCUT2D eigenvalue weighted by Gasteiger charge is 2.19. The Kier molecular flexibility index (Phi) is 5.82. The van der Waals surface area contributed by atoms with Gasteiger partial charge in [-0.1, -0.05) is 133 Å². The van der Waals surface area contributed by atoms with Crippen LogP contribution in [0, 0.1) is 0 Å². The minimum Gasteiger partial charge on any atom is -0.292 e. The van der Waals surface area contributed by atoms with Gasteiger partial charge in [0, 0.05) is 27.5 Å². The standard InChI is InChI=1S/C42H27N3/c1-4-11-28(12-5-1)34-26-37(30-13-6-2-7-14-30)43-38(27-34)31-21-19-29(20-22-31)33-23-24-35-36(25-33)42-41(32-15-8-3-9-16-32)44-40-18-10-17-39(35)45(40)42/h1-27H. The van der Waals surface area contributed by atoms with Crippen molar-refractivity contribution in [3.8, 4) is 56.0 Å². The highest BCUT2D eigenvalue weighted by Crippen LogP contribution is 2.39. The molecule has 0 atom stereocenters. The summed E-state index contributed by atoms with van der Waals surface area (Å²) in [5.41, 5.74) is 14.3. The number of aromatic nitrogens is 3. The van der Waals surface area contributed by atoms with Crippen molar-refractivity contribution in [2.45, 2.75) is 0 Å². The molecular weight excluding hydrogens is 546 g/mol. The molecule has 0 aliphatic rings. The van der Waals surface area contributed by atoms with Gasteiger partial charge >= 0.3 is 0 Å². The van der Waals surface area contributed by atoms with Crippen molar-refractivity contribution in [1.82, 2.24) is 14.4 Å². The van der Waals surface area contributed by atoms with Crippen molar-refractivity contribution in [3.63, 3.8) is 0 Å². The number of nitrogens with zero attached hydrogens (tertiary/aromatic N) is 3. The Hall–Kier alpha value is -6.06. The number of hydrogen-bond donors (Lipinski definition) is 0. The van der Waals surface area contributed by atoms with Crippen molar-refractivity contribution >= 4 is 27.5 Å². The fraction of sp³-hybridized carbons (Fsp3) is 0. The maximum absolute atomic E-state index is 5.12. The summed E-state index contributed by atoms with van der Waals surface area (Å²) in [5.74, 6) is 0. The molecule has 5 aromatic carbocycles. The van der Waals surface area contributed by atoms with E-state index in [4.69, 9.17) is 9.97 Å². The number of pyridine rings is 2. The lowest BCUT2D eigenvalue weighted by atomic mass is 9.97. The van der Waals surface area contributed by atoms with E-state index in [0.717, 1.165) is 50.5 Å². The minimum atomic E-state index is 0.959. The van der Waals surface area contributed by atoms with E-state index in [1.54, 1.807) is 0 Å². The molecule has 0 fully saturated rings. The predicted molar refractivity (Wildman–Crippen MR) is 186 cm³/mol. The van der Waals surface area contributed by atoms with Gasteiger partial charge in [0.25, 0.3) is 0 Å². The van der Waals surface area contributed by atoms with Crippen molar-refractivity contribution in [2.24, 2.45) is 0 Å². The Morgan fingerprint density at radius 1 is 0.356 bits per heavy atom. The average molecular weight is 574 g/mol. The van der Waals surface area contributed by atoms with Crippen LogP contribution in [-0.2, 0) is 0 Å². The van der Waals surface area contributed by atoms with Crippen LogP contribution in [0.3, 0.4) is 0 Å². The summed E-state index contributed by atoms with van der Waals surface area (Å²) in [5, 5.41) is 2.46. The summed E-state index contributed by atoms with van der Waals surface area (Å²) in [6, 6.07) is 57.8. The molecule has 0 bridgehead atoms. The quantitative estimate of drug-likeness (QED) is 0.205. The molecular formula is C42H27N3. The van der Waals surface area contributed by atoms with E-state index in [2.05, 4.69) is 162 Å². The summed E-state index contributed by atoms with van der Waals surface area (Å²) in [6.07, 6.45) is 0. The molecule has 3 heteroatoms. The second-order valence-corrected chi connectivity index (χ2v) is 11.5. The summed E-state index contributed by atoms with van der Waals surface area (Å²) in [4.78, 5) is 10.2. The summed E-state index contributed by atoms with van der Waals surface area (Å²) in [7, 11) is 0. The molecule has 3 nitrogen and oxygen atoms in total. The molecule has 9 aromatic rings. The molecule has 0 aliphatic heterocycles. The number of imidazole rings is 1. The largest absolute Gasteiger partial charge is 0.292 e. The Balaban J connectivity index is 1.15. The van der Waals surface area contributed by atoms with Gasteiger partial charge in [0.1, 0.15) is 5.65 Å². The molecule has 210 valence electrons. The number of hydrogen-bond acceptors (Lipinski definition) is 2. The van der Waals surface area contributed by atoms with Gasteiger partial charge in [-0.3, -0.25) is 4.40 Å². The molecule has 0 aliphatic carbocycles. The monoisotopic (exact) mass is 573 g/mol. The fourth-order valence-electron chi connectivity index (χ4n) is 6.56. The van der Waals surface area contributed by atoms with Crippen molar-refractivity contribution in [1.29, 1.82) is 0 Å². The molecule has 45 heavy (non-hydrogen) atoms. The van der Waals surface area contributed by atoms with Crippen molar-refractivity contribution in [2.75, 3.05) is 0 Å². The smallest absolute Gasteiger partial charge is 0.138 e. The summed E-state index contributed by atoms with van der Waals surface area (Å²) >= 11 is 0. The van der Waals surface area contributed by atoms with Crippen LogP contribution in [0.5, 0.6) is 0 Å². The van der Waals surface area contributed by atoms with E-state index in [1.165, 1.54) is 33.0 Å². The van der Waals surface area contributed by atoms with E-state index in [1.807, 2.05) is 6.07 Å². The van der Waals surface area contributed by atoms with Crippen LogP contribution in [0.1, 0.15) is 0 Å². The van der Waals surface area contributed by atoms with E-state index < -0.39 is 0 Å². The molecule has 4 heterocycles. The van der Waals surface area contributed by atoms with Gasteiger partial charge in [-0.15, -0.1) is 0 Å². The van der Waals surface area contributed by atoms with Gasteiger partial charge in [0.15, 0.2) is 0 Å². The zero-order valence-corrected chi connectivity index (χ0v) is 24.4. The lowest BCUT2D eigenvalue weighted by Gasteiger charge is -2.11. The van der Waals surface area contributed by atoms with Crippen LogP contribution in [0.25, 0.3) is 83.5 Å². The van der Waals surface area contributed by atoms with Crippen LogP contribution in [0.15, 0.2) is 164 Å². The Bertz CT molecular complexity index is 2390. The second kappa shape index (κ2) is 10.3. The van der Waals surface area contributed by atoms with E-state index in [-0.39, 0.29) is 0 Å². The molecule has 4 aromatic heterocycles. The highest BCUT2D eigenvalue weighted by molar-refractivity contribution is 6.14. The van der Waals surface area contributed by atoms with E-state index in [9.17, 15) is 0 Å². The van der Waals surface area contributed by atoms with Crippen molar-refractivity contribution in [3.05, 3.63) is 164 Å². The van der Waals surface area contributed by atoms with Crippen molar-refractivity contribution < 1.29 is 0 Å². The maximum Gasteiger partial charge on any atom is 0.138 e. The van der Waals surface area contributed by atoms with Gasteiger partial charge in [0.05, 0.1) is 28.1 Å². The molecule has 0 spiro atoms. The Morgan fingerprint density at radius 3 is 1.60 bits per heavy atom. The molecule has 9 rings (SSSR count). The third-order valence-electron chi connectivity index (χ3n) is 8.76. The molecule has 0 N–H and O–H groups in total.